The normalized spacial score (nSPS) is 9.59. The summed E-state index contributed by atoms with van der Waals surface area (Å²) in [6.45, 7) is 4.25. The van der Waals surface area contributed by atoms with Gasteiger partial charge >= 0.3 is 5.97 Å². The molecule has 1 rings (SSSR count). The number of phenols is 1. The van der Waals surface area contributed by atoms with Crippen LogP contribution in [0.3, 0.4) is 0 Å². The van der Waals surface area contributed by atoms with Crippen LogP contribution in [-0.2, 0) is 4.74 Å². The molecule has 0 fully saturated rings. The third kappa shape index (κ3) is 3.83. The molecule has 1 N–H and O–H groups in total. The Hall–Kier alpha value is -1.97. The lowest BCUT2D eigenvalue weighted by atomic mass is 10.2. The summed E-state index contributed by atoms with van der Waals surface area (Å²) in [5.41, 5.74) is 1.46. The highest BCUT2D eigenvalue weighted by Crippen LogP contribution is 2.27. The van der Waals surface area contributed by atoms with Gasteiger partial charge in [0.05, 0.1) is 12.7 Å². The Morgan fingerprint density at radius 1 is 1.41 bits per heavy atom. The van der Waals surface area contributed by atoms with Gasteiger partial charge in [-0.25, -0.2) is 4.79 Å². The molecule has 1 aromatic rings. The van der Waals surface area contributed by atoms with Crippen LogP contribution in [0.25, 0.3) is 0 Å². The largest absolute Gasteiger partial charge is 0.504 e. The molecule has 17 heavy (non-hydrogen) atoms. The molecule has 1 aromatic carbocycles. The van der Waals surface area contributed by atoms with E-state index in [1.807, 2.05) is 19.9 Å². The number of phenolic OH excluding ortho intramolecular Hbond substituents is 1. The molecule has 4 nitrogen and oxygen atoms in total. The topological polar surface area (TPSA) is 55.8 Å². The zero-order chi connectivity index (χ0) is 12.8. The van der Waals surface area contributed by atoms with Gasteiger partial charge in [-0.05, 0) is 38.1 Å². The Kier molecular flexibility index (Phi) is 4.57. The quantitative estimate of drug-likeness (QED) is 0.644. The monoisotopic (exact) mass is 236 g/mol. The second-order valence-electron chi connectivity index (χ2n) is 3.77. The second-order valence-corrected chi connectivity index (χ2v) is 3.77. The van der Waals surface area contributed by atoms with Gasteiger partial charge in [0.15, 0.2) is 11.5 Å². The van der Waals surface area contributed by atoms with Crippen LogP contribution in [0.15, 0.2) is 29.8 Å². The predicted octanol–water partition coefficient (Wildman–Crippen LogP) is 2.52. The zero-order valence-corrected chi connectivity index (χ0v) is 10.2. The molecule has 0 saturated heterocycles. The highest BCUT2D eigenvalue weighted by atomic mass is 16.5. The SMILES string of the molecule is COC(=O)c1ccc(O)c(OCC=C(C)C)c1. The minimum atomic E-state index is -0.461. The van der Waals surface area contributed by atoms with E-state index >= 15 is 0 Å². The molecule has 0 aliphatic carbocycles. The number of benzene rings is 1. The standard InChI is InChI=1S/C13H16O4/c1-9(2)6-7-17-12-8-10(13(15)16-3)4-5-11(12)14/h4-6,8,14H,7H2,1-3H3. The van der Waals surface area contributed by atoms with Gasteiger partial charge in [-0.2, -0.15) is 0 Å². The van der Waals surface area contributed by atoms with E-state index in [2.05, 4.69) is 4.74 Å². The zero-order valence-electron chi connectivity index (χ0n) is 10.2. The maximum atomic E-state index is 11.3. The van der Waals surface area contributed by atoms with E-state index in [4.69, 9.17) is 4.74 Å². The van der Waals surface area contributed by atoms with E-state index in [0.717, 1.165) is 5.57 Å². The number of carbonyl (C=O) groups excluding carboxylic acids is 1. The van der Waals surface area contributed by atoms with Crippen molar-refractivity contribution in [3.05, 3.63) is 35.4 Å². The Morgan fingerprint density at radius 3 is 2.71 bits per heavy atom. The lowest BCUT2D eigenvalue weighted by Gasteiger charge is -2.07. The van der Waals surface area contributed by atoms with Gasteiger partial charge in [-0.3, -0.25) is 0 Å². The first-order valence-corrected chi connectivity index (χ1v) is 5.22. The van der Waals surface area contributed by atoms with Crippen molar-refractivity contribution >= 4 is 5.97 Å². The van der Waals surface area contributed by atoms with E-state index < -0.39 is 5.97 Å². The Bertz CT molecular complexity index is 431. The third-order valence-corrected chi connectivity index (χ3v) is 2.11. The number of ether oxygens (including phenoxy) is 2. The molecule has 0 unspecified atom stereocenters. The maximum absolute atomic E-state index is 11.3. The van der Waals surface area contributed by atoms with Crippen LogP contribution < -0.4 is 4.74 Å². The molecule has 0 heterocycles. The van der Waals surface area contributed by atoms with Crippen LogP contribution in [0.1, 0.15) is 24.2 Å². The van der Waals surface area contributed by atoms with Crippen molar-refractivity contribution < 1.29 is 19.4 Å². The van der Waals surface area contributed by atoms with Crippen molar-refractivity contribution in [3.8, 4) is 11.5 Å². The molecule has 4 heteroatoms. The van der Waals surface area contributed by atoms with Crippen molar-refractivity contribution in [1.29, 1.82) is 0 Å². The smallest absolute Gasteiger partial charge is 0.337 e. The summed E-state index contributed by atoms with van der Waals surface area (Å²) in [4.78, 5) is 11.3. The number of carbonyl (C=O) groups is 1. The summed E-state index contributed by atoms with van der Waals surface area (Å²) in [6, 6.07) is 4.35. The number of hydrogen-bond donors (Lipinski definition) is 1. The number of hydrogen-bond acceptors (Lipinski definition) is 4. The van der Waals surface area contributed by atoms with E-state index in [-0.39, 0.29) is 11.5 Å². The van der Waals surface area contributed by atoms with E-state index in [9.17, 15) is 9.90 Å². The molecular formula is C13H16O4. The van der Waals surface area contributed by atoms with E-state index in [1.54, 1.807) is 0 Å². The highest BCUT2D eigenvalue weighted by molar-refractivity contribution is 5.90. The molecule has 0 spiro atoms. The summed E-state index contributed by atoms with van der Waals surface area (Å²) < 4.78 is 9.93. The lowest BCUT2D eigenvalue weighted by molar-refractivity contribution is 0.0600. The molecule has 92 valence electrons. The van der Waals surface area contributed by atoms with Gasteiger partial charge < -0.3 is 14.6 Å². The maximum Gasteiger partial charge on any atom is 0.337 e. The first-order chi connectivity index (χ1) is 8.04. The van der Waals surface area contributed by atoms with E-state index in [0.29, 0.717) is 12.2 Å². The first kappa shape index (κ1) is 13.1. The van der Waals surface area contributed by atoms with Crippen LogP contribution in [0.5, 0.6) is 11.5 Å². The number of allylic oxidation sites excluding steroid dienone is 1. The van der Waals surface area contributed by atoms with Crippen LogP contribution in [0, 0.1) is 0 Å². The molecule has 0 aliphatic rings. The number of esters is 1. The molecule has 0 saturated carbocycles. The summed E-state index contributed by atoms with van der Waals surface area (Å²) in [5.74, 6) is -0.192. The van der Waals surface area contributed by atoms with Crippen LogP contribution in [0.4, 0.5) is 0 Å². The fourth-order valence-electron chi connectivity index (χ4n) is 1.17. The minimum Gasteiger partial charge on any atom is -0.504 e. The van der Waals surface area contributed by atoms with Gasteiger partial charge in [0, 0.05) is 0 Å². The molecule has 0 radical (unpaired) electrons. The second kappa shape index (κ2) is 5.94. The fraction of sp³-hybridized carbons (Fsp3) is 0.308. The lowest BCUT2D eigenvalue weighted by Crippen LogP contribution is -2.02. The molecule has 0 amide bonds. The Morgan fingerprint density at radius 2 is 2.12 bits per heavy atom. The van der Waals surface area contributed by atoms with Crippen molar-refractivity contribution in [2.45, 2.75) is 13.8 Å². The van der Waals surface area contributed by atoms with Crippen LogP contribution in [-0.4, -0.2) is 24.8 Å². The summed E-state index contributed by atoms with van der Waals surface area (Å²) in [6.07, 6.45) is 1.88. The number of rotatable bonds is 4. The third-order valence-electron chi connectivity index (χ3n) is 2.11. The van der Waals surface area contributed by atoms with E-state index in [1.165, 1.54) is 25.3 Å². The average molecular weight is 236 g/mol. The molecule has 0 atom stereocenters. The van der Waals surface area contributed by atoms with Gasteiger partial charge in [0.1, 0.15) is 6.61 Å². The Labute approximate surface area is 100 Å². The van der Waals surface area contributed by atoms with Crippen molar-refractivity contribution in [3.63, 3.8) is 0 Å². The highest BCUT2D eigenvalue weighted by Gasteiger charge is 2.09. The van der Waals surface area contributed by atoms with Crippen LogP contribution >= 0.6 is 0 Å². The van der Waals surface area contributed by atoms with Crippen molar-refractivity contribution in [2.24, 2.45) is 0 Å². The minimum absolute atomic E-state index is 0.000177. The van der Waals surface area contributed by atoms with Gasteiger partial charge in [-0.1, -0.05) is 5.57 Å². The molecular weight excluding hydrogens is 220 g/mol. The number of aromatic hydroxyl groups is 1. The Balaban J connectivity index is 2.83. The summed E-state index contributed by atoms with van der Waals surface area (Å²) >= 11 is 0. The van der Waals surface area contributed by atoms with Crippen molar-refractivity contribution in [1.82, 2.24) is 0 Å². The van der Waals surface area contributed by atoms with Gasteiger partial charge in [-0.15, -0.1) is 0 Å². The molecule has 0 aliphatic heterocycles. The van der Waals surface area contributed by atoms with Crippen LogP contribution in [0.2, 0.25) is 0 Å². The van der Waals surface area contributed by atoms with Crippen molar-refractivity contribution in [2.75, 3.05) is 13.7 Å². The first-order valence-electron chi connectivity index (χ1n) is 5.22. The van der Waals surface area contributed by atoms with Gasteiger partial charge in [0.2, 0.25) is 0 Å². The summed E-state index contributed by atoms with van der Waals surface area (Å²) in [5, 5.41) is 9.56. The summed E-state index contributed by atoms with van der Waals surface area (Å²) in [7, 11) is 1.30. The van der Waals surface area contributed by atoms with Gasteiger partial charge in [0.25, 0.3) is 0 Å². The molecule has 0 bridgehead atoms. The number of methoxy groups -OCH3 is 1. The molecule has 0 aromatic heterocycles. The fourth-order valence-corrected chi connectivity index (χ4v) is 1.17. The predicted molar refractivity (Wildman–Crippen MR) is 64.4 cm³/mol. The average Bonchev–Trinajstić information content (AvgIpc) is 2.30.